The monoisotopic (exact) mass is 296 g/mol. The summed E-state index contributed by atoms with van der Waals surface area (Å²) < 4.78 is 4.48. The summed E-state index contributed by atoms with van der Waals surface area (Å²) in [5.41, 5.74) is 0.360. The number of carbonyl (C=O) groups is 2. The number of aliphatic hydroxyl groups is 1. The molecule has 0 aliphatic carbocycles. The Labute approximate surface area is 120 Å². The predicted octanol–water partition coefficient (Wildman–Crippen LogP) is 0.555. The molecule has 8 heteroatoms. The molecule has 0 fully saturated rings. The maximum atomic E-state index is 12.0. The van der Waals surface area contributed by atoms with Gasteiger partial charge in [0.05, 0.1) is 18.1 Å². The Balaban J connectivity index is 2.96. The molecular formula is C13H16N2O6. The summed E-state index contributed by atoms with van der Waals surface area (Å²) in [6.07, 6.45) is -1.14. The van der Waals surface area contributed by atoms with Crippen molar-refractivity contribution in [2.75, 3.05) is 7.11 Å². The van der Waals surface area contributed by atoms with Gasteiger partial charge in [0.25, 0.3) is 11.6 Å². The van der Waals surface area contributed by atoms with Crippen LogP contribution in [0, 0.1) is 17.0 Å². The predicted molar refractivity (Wildman–Crippen MR) is 72.8 cm³/mol. The maximum Gasteiger partial charge on any atom is 0.331 e. The Bertz CT molecular complexity index is 570. The molecule has 0 aromatic heterocycles. The van der Waals surface area contributed by atoms with Crippen LogP contribution in [0.25, 0.3) is 0 Å². The van der Waals surface area contributed by atoms with E-state index in [-0.39, 0.29) is 11.3 Å². The van der Waals surface area contributed by atoms with Crippen molar-refractivity contribution < 1.29 is 24.4 Å². The van der Waals surface area contributed by atoms with E-state index in [1.807, 2.05) is 0 Å². The molecule has 8 nitrogen and oxygen atoms in total. The van der Waals surface area contributed by atoms with E-state index in [1.165, 1.54) is 32.0 Å². The second kappa shape index (κ2) is 6.80. The van der Waals surface area contributed by atoms with Gasteiger partial charge in [0.2, 0.25) is 0 Å². The molecule has 2 atom stereocenters. The molecule has 0 heterocycles. The van der Waals surface area contributed by atoms with Gasteiger partial charge in [0, 0.05) is 17.2 Å². The largest absolute Gasteiger partial charge is 0.467 e. The van der Waals surface area contributed by atoms with Crippen molar-refractivity contribution in [2.45, 2.75) is 26.0 Å². The standard InChI is InChI=1S/C13H16N2O6/c1-7-6-9(4-5-10(7)15(19)20)12(17)14-11(8(2)16)13(18)21-3/h4-6,8,11,16H,1-3H3,(H,14,17)/t8-,11+/m1/s1. The summed E-state index contributed by atoms with van der Waals surface area (Å²) in [5, 5.41) is 22.5. The van der Waals surface area contributed by atoms with Crippen LogP contribution in [0.15, 0.2) is 18.2 Å². The zero-order valence-electron chi connectivity index (χ0n) is 11.8. The lowest BCUT2D eigenvalue weighted by molar-refractivity contribution is -0.385. The van der Waals surface area contributed by atoms with E-state index in [2.05, 4.69) is 10.1 Å². The summed E-state index contributed by atoms with van der Waals surface area (Å²) in [7, 11) is 1.14. The summed E-state index contributed by atoms with van der Waals surface area (Å²) in [6.45, 7) is 2.84. The van der Waals surface area contributed by atoms with E-state index in [0.717, 1.165) is 7.11 Å². The number of nitro benzene ring substituents is 1. The van der Waals surface area contributed by atoms with Gasteiger partial charge in [-0.25, -0.2) is 4.79 Å². The van der Waals surface area contributed by atoms with E-state index in [0.29, 0.717) is 5.56 Å². The molecule has 0 saturated carbocycles. The fraction of sp³-hybridized carbons (Fsp3) is 0.385. The Morgan fingerprint density at radius 3 is 2.48 bits per heavy atom. The number of carbonyl (C=O) groups excluding carboxylic acids is 2. The van der Waals surface area contributed by atoms with Crippen molar-refractivity contribution in [3.05, 3.63) is 39.4 Å². The van der Waals surface area contributed by atoms with Gasteiger partial charge in [-0.2, -0.15) is 0 Å². The van der Waals surface area contributed by atoms with Crippen molar-refractivity contribution in [2.24, 2.45) is 0 Å². The first-order valence-corrected chi connectivity index (χ1v) is 6.09. The smallest absolute Gasteiger partial charge is 0.331 e. The van der Waals surface area contributed by atoms with Crippen molar-refractivity contribution in [1.29, 1.82) is 0 Å². The average molecular weight is 296 g/mol. The number of nitrogens with one attached hydrogen (secondary N) is 1. The third kappa shape index (κ3) is 3.99. The highest BCUT2D eigenvalue weighted by Crippen LogP contribution is 2.18. The summed E-state index contributed by atoms with van der Waals surface area (Å²) >= 11 is 0. The Hall–Kier alpha value is -2.48. The van der Waals surface area contributed by atoms with Crippen LogP contribution in [0.1, 0.15) is 22.8 Å². The second-order valence-electron chi connectivity index (χ2n) is 4.47. The Morgan fingerprint density at radius 2 is 2.05 bits per heavy atom. The zero-order valence-corrected chi connectivity index (χ0v) is 11.8. The molecule has 1 aromatic carbocycles. The number of esters is 1. The molecule has 1 rings (SSSR count). The van der Waals surface area contributed by atoms with Crippen molar-refractivity contribution in [1.82, 2.24) is 5.32 Å². The number of aliphatic hydroxyl groups excluding tert-OH is 1. The molecule has 0 aliphatic rings. The number of nitro groups is 1. The molecule has 114 valence electrons. The minimum absolute atomic E-state index is 0.105. The normalized spacial score (nSPS) is 13.1. The summed E-state index contributed by atoms with van der Waals surface area (Å²) in [5.74, 6) is -1.42. The van der Waals surface area contributed by atoms with E-state index in [4.69, 9.17) is 0 Å². The third-order valence-corrected chi connectivity index (χ3v) is 2.88. The Morgan fingerprint density at radius 1 is 1.43 bits per heavy atom. The topological polar surface area (TPSA) is 119 Å². The van der Waals surface area contributed by atoms with Gasteiger partial charge < -0.3 is 15.2 Å². The number of amides is 1. The number of hydrogen-bond acceptors (Lipinski definition) is 6. The van der Waals surface area contributed by atoms with Crippen LogP contribution >= 0.6 is 0 Å². The quantitative estimate of drug-likeness (QED) is 0.465. The van der Waals surface area contributed by atoms with Gasteiger partial charge in [0.1, 0.15) is 0 Å². The van der Waals surface area contributed by atoms with Crippen LogP contribution < -0.4 is 5.32 Å². The maximum absolute atomic E-state index is 12.0. The Kier molecular flexibility index (Phi) is 5.37. The van der Waals surface area contributed by atoms with Gasteiger partial charge in [-0.1, -0.05) is 0 Å². The van der Waals surface area contributed by atoms with Gasteiger partial charge in [0.15, 0.2) is 6.04 Å². The number of nitrogens with zero attached hydrogens (tertiary/aromatic N) is 1. The van der Waals surface area contributed by atoms with Crippen LogP contribution in [-0.4, -0.2) is 41.2 Å². The minimum atomic E-state index is -1.21. The van der Waals surface area contributed by atoms with E-state index < -0.39 is 28.9 Å². The lowest BCUT2D eigenvalue weighted by atomic mass is 10.1. The summed E-state index contributed by atoms with van der Waals surface area (Å²) in [4.78, 5) is 33.6. The third-order valence-electron chi connectivity index (χ3n) is 2.88. The first-order chi connectivity index (χ1) is 9.77. The van der Waals surface area contributed by atoms with E-state index in [1.54, 1.807) is 0 Å². The SMILES string of the molecule is COC(=O)[C@@H](NC(=O)c1ccc([N+](=O)[O-])c(C)c1)[C@@H](C)O. The molecular weight excluding hydrogens is 280 g/mol. The van der Waals surface area contributed by atoms with E-state index >= 15 is 0 Å². The van der Waals surface area contributed by atoms with Crippen molar-refractivity contribution in [3.63, 3.8) is 0 Å². The van der Waals surface area contributed by atoms with Crippen molar-refractivity contribution in [3.8, 4) is 0 Å². The number of rotatable bonds is 5. The van der Waals surface area contributed by atoms with E-state index in [9.17, 15) is 24.8 Å². The van der Waals surface area contributed by atoms with Crippen LogP contribution in [0.5, 0.6) is 0 Å². The molecule has 0 bridgehead atoms. The van der Waals surface area contributed by atoms with Crippen LogP contribution in [0.4, 0.5) is 5.69 Å². The molecule has 1 amide bonds. The molecule has 0 saturated heterocycles. The van der Waals surface area contributed by atoms with Crippen LogP contribution in [0.3, 0.4) is 0 Å². The fourth-order valence-corrected chi connectivity index (χ4v) is 1.73. The first kappa shape index (κ1) is 16.6. The minimum Gasteiger partial charge on any atom is -0.467 e. The second-order valence-corrected chi connectivity index (χ2v) is 4.47. The molecule has 0 radical (unpaired) electrons. The lowest BCUT2D eigenvalue weighted by Crippen LogP contribution is -2.48. The summed E-state index contributed by atoms with van der Waals surface area (Å²) in [6, 6.07) is 2.61. The average Bonchev–Trinajstić information content (AvgIpc) is 2.42. The number of aryl methyl sites for hydroxylation is 1. The molecule has 1 aromatic rings. The van der Waals surface area contributed by atoms with Crippen LogP contribution in [-0.2, 0) is 9.53 Å². The number of ether oxygens (including phenoxy) is 1. The zero-order chi connectivity index (χ0) is 16.2. The van der Waals surface area contributed by atoms with Crippen LogP contribution in [0.2, 0.25) is 0 Å². The molecule has 21 heavy (non-hydrogen) atoms. The molecule has 0 unspecified atom stereocenters. The number of methoxy groups -OCH3 is 1. The molecule has 0 aliphatic heterocycles. The van der Waals surface area contributed by atoms with Gasteiger partial charge in [-0.15, -0.1) is 0 Å². The highest BCUT2D eigenvalue weighted by Gasteiger charge is 2.27. The molecule has 0 spiro atoms. The van der Waals surface area contributed by atoms with Gasteiger partial charge in [-0.3, -0.25) is 14.9 Å². The number of hydrogen-bond donors (Lipinski definition) is 2. The van der Waals surface area contributed by atoms with Gasteiger partial charge in [-0.05, 0) is 26.0 Å². The van der Waals surface area contributed by atoms with Crippen molar-refractivity contribution >= 4 is 17.6 Å². The first-order valence-electron chi connectivity index (χ1n) is 6.09. The highest BCUT2D eigenvalue weighted by atomic mass is 16.6. The lowest BCUT2D eigenvalue weighted by Gasteiger charge is -2.19. The number of benzene rings is 1. The fourth-order valence-electron chi connectivity index (χ4n) is 1.73. The molecule has 2 N–H and O–H groups in total. The highest BCUT2D eigenvalue weighted by molar-refractivity contribution is 5.97. The van der Waals surface area contributed by atoms with Gasteiger partial charge >= 0.3 is 5.97 Å².